The maximum absolute atomic E-state index is 13.0. The van der Waals surface area contributed by atoms with Crippen LogP contribution in [0.2, 0.25) is 0 Å². The Kier molecular flexibility index (Phi) is 4.29. The molecule has 128 valence electrons. The number of imidazole rings is 1. The van der Waals surface area contributed by atoms with E-state index in [-0.39, 0.29) is 18.7 Å². The van der Waals surface area contributed by atoms with Gasteiger partial charge in [-0.1, -0.05) is 6.08 Å². The van der Waals surface area contributed by atoms with Gasteiger partial charge in [0.25, 0.3) is 0 Å². The molecule has 0 amide bonds. The van der Waals surface area contributed by atoms with Gasteiger partial charge in [-0.3, -0.25) is 9.13 Å². The molecule has 0 saturated heterocycles. The Morgan fingerprint density at radius 1 is 1.46 bits per heavy atom. The van der Waals surface area contributed by atoms with Crippen LogP contribution in [0.25, 0.3) is 16.1 Å². The van der Waals surface area contributed by atoms with E-state index in [0.717, 1.165) is 11.8 Å². The fourth-order valence-corrected chi connectivity index (χ4v) is 3.86. The zero-order valence-electron chi connectivity index (χ0n) is 12.7. The van der Waals surface area contributed by atoms with Crippen molar-refractivity contribution < 1.29 is 18.0 Å². The number of nitrogens with zero attached hydrogens (tertiary/aromatic N) is 3. The molecule has 1 aliphatic rings. The first kappa shape index (κ1) is 16.8. The second-order valence-electron chi connectivity index (χ2n) is 5.48. The topological polar surface area (TPSA) is 56.9 Å². The van der Waals surface area contributed by atoms with Crippen LogP contribution in [0, 0.1) is 0 Å². The summed E-state index contributed by atoms with van der Waals surface area (Å²) in [6.45, 7) is -0.126. The summed E-state index contributed by atoms with van der Waals surface area (Å²) in [5.74, 6) is 0. The molecule has 0 bridgehead atoms. The summed E-state index contributed by atoms with van der Waals surface area (Å²) in [6.07, 6.45) is -0.0592. The number of hydrogen-bond acceptors (Lipinski definition) is 4. The molecule has 0 N–H and O–H groups in total. The molecule has 1 atom stereocenters. The van der Waals surface area contributed by atoms with Crippen molar-refractivity contribution in [3.8, 4) is 0 Å². The predicted octanol–water partition coefficient (Wildman–Crippen LogP) is 2.73. The van der Waals surface area contributed by atoms with Gasteiger partial charge in [0.2, 0.25) is 0 Å². The third-order valence-corrected chi connectivity index (χ3v) is 5.35. The summed E-state index contributed by atoms with van der Waals surface area (Å²) < 4.78 is 41.4. The third-order valence-electron chi connectivity index (χ3n) is 3.91. The fourth-order valence-electron chi connectivity index (χ4n) is 2.71. The summed E-state index contributed by atoms with van der Waals surface area (Å²) in [5, 5.41) is -1.44. The first-order valence-electron chi connectivity index (χ1n) is 7.25. The minimum atomic E-state index is -4.26. The van der Waals surface area contributed by atoms with Gasteiger partial charge in [0.05, 0.1) is 12.1 Å². The van der Waals surface area contributed by atoms with Crippen molar-refractivity contribution in [2.45, 2.75) is 30.8 Å². The van der Waals surface area contributed by atoms with Crippen LogP contribution < -0.4 is 5.69 Å². The molecular formula is C15H14F3N3O2S. The highest BCUT2D eigenvalue weighted by molar-refractivity contribution is 8.09. The van der Waals surface area contributed by atoms with Crippen LogP contribution in [0.1, 0.15) is 18.4 Å². The van der Waals surface area contributed by atoms with Gasteiger partial charge in [-0.05, 0) is 18.9 Å². The Hall–Kier alpha value is -2.03. The molecule has 2 aromatic rings. The molecule has 3 rings (SSSR count). The van der Waals surface area contributed by atoms with E-state index < -0.39 is 11.4 Å². The SMILES string of the molecule is Cn1c(=O)n(CC=O)c2cc(C3=CCCC(C(F)(F)F)S3)cnc21. The number of halogens is 3. The average molecular weight is 357 g/mol. The summed E-state index contributed by atoms with van der Waals surface area (Å²) in [5.41, 5.74) is 0.953. The van der Waals surface area contributed by atoms with Crippen molar-refractivity contribution in [3.05, 3.63) is 34.4 Å². The van der Waals surface area contributed by atoms with Gasteiger partial charge >= 0.3 is 11.9 Å². The third kappa shape index (κ3) is 2.88. The number of alkyl halides is 3. The zero-order chi connectivity index (χ0) is 17.5. The molecule has 0 saturated carbocycles. The highest BCUT2D eigenvalue weighted by Gasteiger charge is 2.41. The first-order valence-corrected chi connectivity index (χ1v) is 8.13. The van der Waals surface area contributed by atoms with Gasteiger partial charge in [-0.15, -0.1) is 11.8 Å². The molecule has 1 unspecified atom stereocenters. The van der Waals surface area contributed by atoms with Crippen molar-refractivity contribution in [2.75, 3.05) is 0 Å². The maximum Gasteiger partial charge on any atom is 0.400 e. The molecule has 0 aromatic carbocycles. The standard InChI is InChI=1S/C15H14F3N3O2S/c1-20-13-10(21(5-6-22)14(20)23)7-9(8-19-13)11-3-2-4-12(24-11)15(16,17)18/h3,6-8,12H,2,4-5H2,1H3. The Balaban J connectivity index is 2.05. The van der Waals surface area contributed by atoms with Gasteiger partial charge in [0.1, 0.15) is 11.5 Å². The fraction of sp³-hybridized carbons (Fsp3) is 0.400. The van der Waals surface area contributed by atoms with Crippen LogP contribution in [0.5, 0.6) is 0 Å². The smallest absolute Gasteiger partial charge is 0.301 e. The summed E-state index contributed by atoms with van der Waals surface area (Å²) in [7, 11) is 1.53. The second kappa shape index (κ2) is 6.12. The number of thioether (sulfide) groups is 1. The molecule has 9 heteroatoms. The summed E-state index contributed by atoms with van der Waals surface area (Å²) in [4.78, 5) is 27.6. The monoisotopic (exact) mass is 357 g/mol. The van der Waals surface area contributed by atoms with E-state index in [1.165, 1.54) is 22.4 Å². The van der Waals surface area contributed by atoms with Crippen molar-refractivity contribution in [1.82, 2.24) is 14.1 Å². The van der Waals surface area contributed by atoms with E-state index in [1.807, 2.05) is 0 Å². The van der Waals surface area contributed by atoms with Gasteiger partial charge in [-0.2, -0.15) is 13.2 Å². The molecule has 1 aliphatic heterocycles. The van der Waals surface area contributed by atoms with Crippen LogP contribution in [-0.4, -0.2) is 31.8 Å². The quantitative estimate of drug-likeness (QED) is 0.793. The zero-order valence-corrected chi connectivity index (χ0v) is 13.5. The lowest BCUT2D eigenvalue weighted by molar-refractivity contribution is -0.129. The Morgan fingerprint density at radius 2 is 2.21 bits per heavy atom. The number of carbonyl (C=O) groups is 1. The molecule has 5 nitrogen and oxygen atoms in total. The Morgan fingerprint density at radius 3 is 2.88 bits per heavy atom. The molecular weight excluding hydrogens is 343 g/mol. The second-order valence-corrected chi connectivity index (χ2v) is 6.72. The van der Waals surface area contributed by atoms with E-state index >= 15 is 0 Å². The van der Waals surface area contributed by atoms with Crippen molar-refractivity contribution in [3.63, 3.8) is 0 Å². The Bertz CT molecular complexity index is 882. The molecule has 0 fully saturated rings. The average Bonchev–Trinajstić information content (AvgIpc) is 2.79. The summed E-state index contributed by atoms with van der Waals surface area (Å²) in [6, 6.07) is 1.62. The van der Waals surface area contributed by atoms with Gasteiger partial charge < -0.3 is 4.79 Å². The molecule has 3 heterocycles. The number of aldehydes is 1. The summed E-state index contributed by atoms with van der Waals surface area (Å²) >= 11 is 0.763. The van der Waals surface area contributed by atoms with Crippen molar-refractivity contribution >= 4 is 34.1 Å². The van der Waals surface area contributed by atoms with Crippen molar-refractivity contribution in [2.24, 2.45) is 7.05 Å². The van der Waals surface area contributed by atoms with Crippen LogP contribution >= 0.6 is 11.8 Å². The number of fused-ring (bicyclic) bond motifs is 1. The van der Waals surface area contributed by atoms with Gasteiger partial charge in [0.15, 0.2) is 5.65 Å². The number of allylic oxidation sites excluding steroid dienone is 1. The molecule has 0 spiro atoms. The predicted molar refractivity (Wildman–Crippen MR) is 85.7 cm³/mol. The van der Waals surface area contributed by atoms with Crippen LogP contribution in [0.15, 0.2) is 23.1 Å². The van der Waals surface area contributed by atoms with E-state index in [1.54, 1.807) is 12.1 Å². The molecule has 0 aliphatic carbocycles. The van der Waals surface area contributed by atoms with Crippen LogP contribution in [0.4, 0.5) is 13.2 Å². The highest BCUT2D eigenvalue weighted by atomic mass is 32.2. The first-order chi connectivity index (χ1) is 11.3. The lowest BCUT2D eigenvalue weighted by atomic mass is 10.1. The van der Waals surface area contributed by atoms with Gasteiger partial charge in [-0.25, -0.2) is 9.78 Å². The molecule has 24 heavy (non-hydrogen) atoms. The lowest BCUT2D eigenvalue weighted by Crippen LogP contribution is -2.26. The minimum absolute atomic E-state index is 0.0501. The molecule has 0 radical (unpaired) electrons. The number of rotatable bonds is 3. The van der Waals surface area contributed by atoms with Crippen LogP contribution in [0.3, 0.4) is 0 Å². The minimum Gasteiger partial charge on any atom is -0.301 e. The number of pyridine rings is 1. The Labute approximate surface area is 139 Å². The number of aryl methyl sites for hydroxylation is 1. The van der Waals surface area contributed by atoms with E-state index in [9.17, 15) is 22.8 Å². The van der Waals surface area contributed by atoms with E-state index in [0.29, 0.717) is 34.3 Å². The largest absolute Gasteiger partial charge is 0.400 e. The number of hydrogen-bond donors (Lipinski definition) is 0. The molecule has 2 aromatic heterocycles. The lowest BCUT2D eigenvalue weighted by Gasteiger charge is -2.24. The van der Waals surface area contributed by atoms with Crippen molar-refractivity contribution in [1.29, 1.82) is 0 Å². The van der Waals surface area contributed by atoms with Gasteiger partial charge in [0, 0.05) is 23.7 Å². The number of carbonyl (C=O) groups excluding carboxylic acids is 1. The normalized spacial score (nSPS) is 18.7. The number of aromatic nitrogens is 3. The highest BCUT2D eigenvalue weighted by Crippen LogP contribution is 2.44. The maximum atomic E-state index is 13.0. The van der Waals surface area contributed by atoms with E-state index in [4.69, 9.17) is 0 Å². The van der Waals surface area contributed by atoms with Crippen LogP contribution in [-0.2, 0) is 18.4 Å². The van der Waals surface area contributed by atoms with E-state index in [2.05, 4.69) is 4.98 Å².